The fourth-order valence-corrected chi connectivity index (χ4v) is 3.32. The Hall–Kier alpha value is -3.54. The molecule has 0 radical (unpaired) electrons. The number of methoxy groups -OCH3 is 2. The number of hydrogen-bond acceptors (Lipinski definition) is 5. The summed E-state index contributed by atoms with van der Waals surface area (Å²) in [5.41, 5.74) is 1.05. The average molecular weight is 379 g/mol. The van der Waals surface area contributed by atoms with Crippen LogP contribution in [0.25, 0.3) is 5.57 Å². The lowest BCUT2D eigenvalue weighted by atomic mass is 9.87. The summed E-state index contributed by atoms with van der Waals surface area (Å²) < 4.78 is 10.6. The highest BCUT2D eigenvalue weighted by atomic mass is 16.5. The fraction of sp³-hybridized carbons (Fsp3) is 0.182. The van der Waals surface area contributed by atoms with Crippen LogP contribution in [0.5, 0.6) is 11.5 Å². The maximum atomic E-state index is 13.4. The Kier molecular flexibility index (Phi) is 5.49. The first-order valence-electron chi connectivity index (χ1n) is 8.70. The van der Waals surface area contributed by atoms with Crippen LogP contribution in [0.4, 0.5) is 0 Å². The second-order valence-corrected chi connectivity index (χ2v) is 6.22. The third-order valence-electron chi connectivity index (χ3n) is 4.62. The number of Topliss-reactive ketones (excluding diaryl/α,β-unsaturated/α-hetero) is 1. The van der Waals surface area contributed by atoms with Crippen LogP contribution in [0, 0.1) is 0 Å². The molecular formula is C22H21NO5. The van der Waals surface area contributed by atoms with Gasteiger partial charge < -0.3 is 19.5 Å². The van der Waals surface area contributed by atoms with Crippen molar-refractivity contribution in [2.45, 2.75) is 6.04 Å². The van der Waals surface area contributed by atoms with Crippen molar-refractivity contribution in [1.29, 1.82) is 0 Å². The van der Waals surface area contributed by atoms with Gasteiger partial charge in [0.25, 0.3) is 5.91 Å². The number of aliphatic hydroxyl groups is 1. The van der Waals surface area contributed by atoms with Crippen LogP contribution in [0.2, 0.25) is 0 Å². The monoisotopic (exact) mass is 379 g/mol. The van der Waals surface area contributed by atoms with E-state index in [1.807, 2.05) is 0 Å². The number of carbonyl (C=O) groups is 2. The minimum absolute atomic E-state index is 0.00528. The van der Waals surface area contributed by atoms with Gasteiger partial charge in [-0.05, 0) is 23.3 Å². The minimum Gasteiger partial charge on any atom is -0.503 e. The maximum absolute atomic E-state index is 13.4. The van der Waals surface area contributed by atoms with Crippen LogP contribution in [0.1, 0.15) is 17.2 Å². The molecule has 0 aromatic heterocycles. The van der Waals surface area contributed by atoms with Crippen LogP contribution in [-0.2, 0) is 9.59 Å². The molecular weight excluding hydrogens is 358 g/mol. The van der Waals surface area contributed by atoms with Gasteiger partial charge in [-0.3, -0.25) is 9.59 Å². The highest BCUT2D eigenvalue weighted by molar-refractivity contribution is 6.30. The number of ether oxygens (including phenoxy) is 2. The smallest absolute Gasteiger partial charge is 0.290 e. The number of amides is 1. The first-order chi connectivity index (χ1) is 13.5. The van der Waals surface area contributed by atoms with Crippen LogP contribution in [-0.4, -0.2) is 42.5 Å². The Bertz CT molecular complexity index is 949. The van der Waals surface area contributed by atoms with E-state index < -0.39 is 17.7 Å². The average Bonchev–Trinajstić information content (AvgIpc) is 2.72. The number of rotatable bonds is 6. The molecule has 1 heterocycles. The van der Waals surface area contributed by atoms with Crippen LogP contribution < -0.4 is 9.47 Å². The Labute approximate surface area is 163 Å². The zero-order valence-corrected chi connectivity index (χ0v) is 15.7. The van der Waals surface area contributed by atoms with Gasteiger partial charge in [0.2, 0.25) is 0 Å². The van der Waals surface area contributed by atoms with E-state index in [9.17, 15) is 14.7 Å². The van der Waals surface area contributed by atoms with E-state index in [4.69, 9.17) is 9.47 Å². The van der Waals surface area contributed by atoms with E-state index in [0.717, 1.165) is 0 Å². The number of nitrogens with zero attached hydrogens (tertiary/aromatic N) is 1. The molecule has 1 N–H and O–H groups in total. The molecule has 3 rings (SSSR count). The summed E-state index contributed by atoms with van der Waals surface area (Å²) in [6, 6.07) is 12.8. The lowest BCUT2D eigenvalue weighted by Crippen LogP contribution is -2.44. The molecule has 0 spiro atoms. The van der Waals surface area contributed by atoms with Crippen molar-refractivity contribution in [2.24, 2.45) is 0 Å². The number of carbonyl (C=O) groups excluding carboxylic acids is 2. The normalized spacial score (nSPS) is 16.9. The van der Waals surface area contributed by atoms with Crippen molar-refractivity contribution in [3.05, 3.63) is 78.1 Å². The topological polar surface area (TPSA) is 76.1 Å². The van der Waals surface area contributed by atoms with Gasteiger partial charge in [0.05, 0.1) is 19.8 Å². The van der Waals surface area contributed by atoms with Crippen molar-refractivity contribution < 1.29 is 24.2 Å². The van der Waals surface area contributed by atoms with E-state index in [1.165, 1.54) is 25.2 Å². The quantitative estimate of drug-likeness (QED) is 0.780. The van der Waals surface area contributed by atoms with Crippen LogP contribution >= 0.6 is 0 Å². The van der Waals surface area contributed by atoms with Gasteiger partial charge >= 0.3 is 0 Å². The number of benzene rings is 2. The predicted molar refractivity (Wildman–Crippen MR) is 105 cm³/mol. The molecule has 1 aliphatic heterocycles. The van der Waals surface area contributed by atoms with Gasteiger partial charge in [0.1, 0.15) is 6.04 Å². The Morgan fingerprint density at radius 2 is 1.75 bits per heavy atom. The van der Waals surface area contributed by atoms with Crippen molar-refractivity contribution >= 4 is 17.3 Å². The number of aliphatic hydroxyl groups excluding tert-OH is 1. The first kappa shape index (κ1) is 19.2. The fourth-order valence-electron chi connectivity index (χ4n) is 3.32. The third-order valence-corrected chi connectivity index (χ3v) is 4.62. The van der Waals surface area contributed by atoms with Gasteiger partial charge in [0, 0.05) is 6.54 Å². The lowest BCUT2D eigenvalue weighted by Gasteiger charge is -2.35. The van der Waals surface area contributed by atoms with Crippen molar-refractivity contribution in [2.75, 3.05) is 20.8 Å². The molecule has 144 valence electrons. The molecule has 0 saturated carbocycles. The number of ketones is 1. The molecule has 2 aromatic carbocycles. The van der Waals surface area contributed by atoms with Crippen molar-refractivity contribution in [1.82, 2.24) is 4.90 Å². The first-order valence-corrected chi connectivity index (χ1v) is 8.70. The highest BCUT2D eigenvalue weighted by Crippen LogP contribution is 2.38. The summed E-state index contributed by atoms with van der Waals surface area (Å²) in [5, 5.41) is 10.5. The number of hydrogen-bond donors (Lipinski definition) is 1. The van der Waals surface area contributed by atoms with Gasteiger partial charge in [-0.2, -0.15) is 0 Å². The lowest BCUT2D eigenvalue weighted by molar-refractivity contribution is -0.138. The SMILES string of the molecule is C=CCN1C(=O)C(O)=C(c2ccccc2)C(=O)C1c1ccc(OC)c(OC)c1. The summed E-state index contributed by atoms with van der Waals surface area (Å²) in [4.78, 5) is 27.6. The zero-order chi connectivity index (χ0) is 20.3. The molecule has 6 nitrogen and oxygen atoms in total. The van der Waals surface area contributed by atoms with Gasteiger partial charge in [-0.1, -0.05) is 42.5 Å². The zero-order valence-electron chi connectivity index (χ0n) is 15.7. The maximum Gasteiger partial charge on any atom is 0.290 e. The summed E-state index contributed by atoms with van der Waals surface area (Å²) in [5.74, 6) is -0.609. The largest absolute Gasteiger partial charge is 0.503 e. The molecule has 1 aliphatic rings. The second-order valence-electron chi connectivity index (χ2n) is 6.22. The Morgan fingerprint density at radius 3 is 2.36 bits per heavy atom. The van der Waals surface area contributed by atoms with Gasteiger partial charge in [0.15, 0.2) is 23.0 Å². The molecule has 0 bridgehead atoms. The molecule has 1 unspecified atom stereocenters. The third kappa shape index (κ3) is 3.24. The summed E-state index contributed by atoms with van der Waals surface area (Å²) in [7, 11) is 3.02. The van der Waals surface area contributed by atoms with Gasteiger partial charge in [-0.15, -0.1) is 6.58 Å². The summed E-state index contributed by atoms with van der Waals surface area (Å²) in [6.45, 7) is 3.76. The Morgan fingerprint density at radius 1 is 1.07 bits per heavy atom. The highest BCUT2D eigenvalue weighted by Gasteiger charge is 2.42. The molecule has 1 amide bonds. The van der Waals surface area contributed by atoms with Crippen LogP contribution in [0.3, 0.4) is 0 Å². The van der Waals surface area contributed by atoms with Gasteiger partial charge in [-0.25, -0.2) is 0 Å². The molecule has 1 atom stereocenters. The van der Waals surface area contributed by atoms with E-state index in [2.05, 4.69) is 6.58 Å². The summed E-state index contributed by atoms with van der Waals surface area (Å²) in [6.07, 6.45) is 1.51. The summed E-state index contributed by atoms with van der Waals surface area (Å²) >= 11 is 0. The van der Waals surface area contributed by atoms with E-state index in [0.29, 0.717) is 22.6 Å². The molecule has 6 heteroatoms. The standard InChI is InChI=1S/C22H21NO5/c1-4-12-23-19(15-10-11-16(27-2)17(13-15)28-3)20(24)18(21(25)22(23)26)14-8-6-5-7-9-14/h4-11,13,19,25H,1,12H2,2-3H3. The Balaban J connectivity index is 2.17. The molecule has 0 saturated heterocycles. The van der Waals surface area contributed by atoms with E-state index in [1.54, 1.807) is 48.5 Å². The minimum atomic E-state index is -0.920. The molecule has 0 fully saturated rings. The molecule has 2 aromatic rings. The molecule has 28 heavy (non-hydrogen) atoms. The van der Waals surface area contributed by atoms with E-state index in [-0.39, 0.29) is 17.9 Å². The van der Waals surface area contributed by atoms with Crippen molar-refractivity contribution in [3.8, 4) is 11.5 Å². The van der Waals surface area contributed by atoms with E-state index >= 15 is 0 Å². The van der Waals surface area contributed by atoms with Crippen LogP contribution in [0.15, 0.2) is 66.9 Å². The van der Waals surface area contributed by atoms with Crippen molar-refractivity contribution in [3.63, 3.8) is 0 Å². The molecule has 0 aliphatic carbocycles. The second kappa shape index (κ2) is 8.00. The predicted octanol–water partition coefficient (Wildman–Crippen LogP) is 3.31.